The lowest BCUT2D eigenvalue weighted by atomic mass is 9.98. The van der Waals surface area contributed by atoms with Gasteiger partial charge in [0.15, 0.2) is 0 Å². The van der Waals surface area contributed by atoms with Crippen molar-refractivity contribution in [3.8, 4) is 11.1 Å². The van der Waals surface area contributed by atoms with E-state index < -0.39 is 11.0 Å². The lowest BCUT2D eigenvalue weighted by Crippen LogP contribution is -2.26. The standard InChI is InChI=1S/C24H19ClN2O4/c25-23-14-17(27(29)30)12-11-16(23)6-5-13-26-24(28)31-15-22-20-9-3-1-7-18(20)19-8-2-4-10-21(19)22/h1-12,14,22H,13,15H2,(H,26,28). The van der Waals surface area contributed by atoms with Crippen LogP contribution in [0.2, 0.25) is 5.02 Å². The number of rotatable bonds is 6. The summed E-state index contributed by atoms with van der Waals surface area (Å²) in [6.07, 6.45) is 2.88. The molecule has 1 aliphatic rings. The van der Waals surface area contributed by atoms with Gasteiger partial charge in [0.25, 0.3) is 5.69 Å². The highest BCUT2D eigenvalue weighted by Crippen LogP contribution is 2.44. The number of amides is 1. The number of alkyl carbamates (subject to hydrolysis) is 1. The van der Waals surface area contributed by atoms with Crippen molar-refractivity contribution in [3.05, 3.63) is 105 Å². The van der Waals surface area contributed by atoms with Crippen molar-refractivity contribution in [1.29, 1.82) is 0 Å². The number of carbonyl (C=O) groups is 1. The van der Waals surface area contributed by atoms with E-state index in [1.165, 1.54) is 23.3 Å². The van der Waals surface area contributed by atoms with Gasteiger partial charge < -0.3 is 10.1 Å². The third-order valence-corrected chi connectivity index (χ3v) is 5.53. The van der Waals surface area contributed by atoms with Crippen LogP contribution in [0.1, 0.15) is 22.6 Å². The molecule has 0 unspecified atom stereocenters. The SMILES string of the molecule is O=C(NCC=Cc1ccc([N+](=O)[O-])cc1Cl)OCC1c2ccccc2-c2ccccc21. The fourth-order valence-electron chi connectivity index (χ4n) is 3.74. The molecule has 0 saturated carbocycles. The summed E-state index contributed by atoms with van der Waals surface area (Å²) in [6.45, 7) is 0.488. The second-order valence-electron chi connectivity index (χ2n) is 7.07. The van der Waals surface area contributed by atoms with Gasteiger partial charge in [0.2, 0.25) is 0 Å². The van der Waals surface area contributed by atoms with Gasteiger partial charge in [0, 0.05) is 24.6 Å². The molecule has 0 fully saturated rings. The Balaban J connectivity index is 1.32. The van der Waals surface area contributed by atoms with Crippen LogP contribution in [-0.4, -0.2) is 24.2 Å². The summed E-state index contributed by atoms with van der Waals surface area (Å²) in [5.74, 6) is 0.00704. The predicted octanol–water partition coefficient (Wildman–Crippen LogP) is 5.80. The first kappa shape index (κ1) is 20.6. The molecule has 0 radical (unpaired) electrons. The van der Waals surface area contributed by atoms with Gasteiger partial charge in [-0.05, 0) is 33.9 Å². The topological polar surface area (TPSA) is 81.5 Å². The van der Waals surface area contributed by atoms with Gasteiger partial charge in [0.05, 0.1) is 9.95 Å². The summed E-state index contributed by atoms with van der Waals surface area (Å²) in [7, 11) is 0. The smallest absolute Gasteiger partial charge is 0.407 e. The maximum absolute atomic E-state index is 12.2. The zero-order valence-corrected chi connectivity index (χ0v) is 17.2. The number of hydrogen-bond acceptors (Lipinski definition) is 4. The van der Waals surface area contributed by atoms with Crippen molar-refractivity contribution in [2.24, 2.45) is 0 Å². The number of halogens is 1. The molecule has 4 rings (SSSR count). The number of nitrogens with one attached hydrogen (secondary N) is 1. The quantitative estimate of drug-likeness (QED) is 0.392. The van der Waals surface area contributed by atoms with Crippen LogP contribution >= 0.6 is 11.6 Å². The summed E-state index contributed by atoms with van der Waals surface area (Å²) in [5, 5.41) is 13.7. The van der Waals surface area contributed by atoms with Gasteiger partial charge in [-0.15, -0.1) is 0 Å². The molecule has 0 bridgehead atoms. The Labute approximate surface area is 184 Å². The average molecular weight is 435 g/mol. The van der Waals surface area contributed by atoms with Crippen molar-refractivity contribution in [2.75, 3.05) is 13.2 Å². The summed E-state index contributed by atoms with van der Waals surface area (Å²) in [5.41, 5.74) is 5.22. The van der Waals surface area contributed by atoms with Crippen molar-refractivity contribution in [3.63, 3.8) is 0 Å². The maximum atomic E-state index is 12.2. The number of nitrogens with zero attached hydrogens (tertiary/aromatic N) is 1. The second-order valence-corrected chi connectivity index (χ2v) is 7.48. The molecule has 0 aliphatic heterocycles. The number of carbonyl (C=O) groups excluding carboxylic acids is 1. The number of non-ortho nitro benzene ring substituents is 1. The Bertz CT molecular complexity index is 1130. The zero-order valence-electron chi connectivity index (χ0n) is 16.5. The highest BCUT2D eigenvalue weighted by atomic mass is 35.5. The molecule has 0 heterocycles. The van der Waals surface area contributed by atoms with E-state index in [0.717, 1.165) is 11.1 Å². The molecule has 1 N–H and O–H groups in total. The van der Waals surface area contributed by atoms with E-state index >= 15 is 0 Å². The van der Waals surface area contributed by atoms with E-state index in [9.17, 15) is 14.9 Å². The molecule has 0 spiro atoms. The summed E-state index contributed by atoms with van der Waals surface area (Å²) < 4.78 is 5.47. The van der Waals surface area contributed by atoms with E-state index in [0.29, 0.717) is 5.56 Å². The van der Waals surface area contributed by atoms with E-state index in [-0.39, 0.29) is 29.8 Å². The second kappa shape index (κ2) is 9.02. The first-order chi connectivity index (χ1) is 15.0. The molecule has 0 saturated heterocycles. The van der Waals surface area contributed by atoms with Crippen molar-refractivity contribution >= 4 is 29.5 Å². The average Bonchev–Trinajstić information content (AvgIpc) is 3.10. The minimum atomic E-state index is -0.513. The third kappa shape index (κ3) is 4.44. The van der Waals surface area contributed by atoms with Gasteiger partial charge >= 0.3 is 6.09 Å². The van der Waals surface area contributed by atoms with Crippen LogP contribution in [0.3, 0.4) is 0 Å². The van der Waals surface area contributed by atoms with Crippen molar-refractivity contribution < 1.29 is 14.5 Å². The van der Waals surface area contributed by atoms with E-state index in [4.69, 9.17) is 16.3 Å². The number of hydrogen-bond donors (Lipinski definition) is 1. The van der Waals surface area contributed by atoms with Crippen LogP contribution < -0.4 is 5.32 Å². The van der Waals surface area contributed by atoms with E-state index in [2.05, 4.69) is 29.6 Å². The lowest BCUT2D eigenvalue weighted by Gasteiger charge is -2.14. The van der Waals surface area contributed by atoms with Crippen LogP contribution in [-0.2, 0) is 4.74 Å². The molecule has 3 aromatic carbocycles. The Morgan fingerprint density at radius 1 is 1.06 bits per heavy atom. The predicted molar refractivity (Wildman–Crippen MR) is 120 cm³/mol. The number of nitro benzene ring substituents is 1. The molecule has 156 valence electrons. The molecule has 3 aromatic rings. The van der Waals surface area contributed by atoms with Crippen LogP contribution in [0.15, 0.2) is 72.8 Å². The van der Waals surface area contributed by atoms with Gasteiger partial charge in [-0.3, -0.25) is 10.1 Å². The molecule has 1 amide bonds. The van der Waals surface area contributed by atoms with Crippen LogP contribution in [0.4, 0.5) is 10.5 Å². The third-order valence-electron chi connectivity index (χ3n) is 5.20. The largest absolute Gasteiger partial charge is 0.449 e. The molecular formula is C24H19ClN2O4. The Morgan fingerprint density at radius 3 is 2.32 bits per heavy atom. The maximum Gasteiger partial charge on any atom is 0.407 e. The van der Waals surface area contributed by atoms with Crippen LogP contribution in [0.25, 0.3) is 17.2 Å². The molecular weight excluding hydrogens is 416 g/mol. The van der Waals surface area contributed by atoms with Gasteiger partial charge in [-0.25, -0.2) is 4.79 Å². The van der Waals surface area contributed by atoms with E-state index in [1.807, 2.05) is 24.3 Å². The van der Waals surface area contributed by atoms with Crippen molar-refractivity contribution in [1.82, 2.24) is 5.32 Å². The monoisotopic (exact) mass is 434 g/mol. The van der Waals surface area contributed by atoms with Gasteiger partial charge in [0.1, 0.15) is 6.61 Å². The number of ether oxygens (including phenoxy) is 1. The van der Waals surface area contributed by atoms with Crippen molar-refractivity contribution in [2.45, 2.75) is 5.92 Å². The minimum Gasteiger partial charge on any atom is -0.449 e. The van der Waals surface area contributed by atoms with Gasteiger partial charge in [-0.1, -0.05) is 72.3 Å². The van der Waals surface area contributed by atoms with Gasteiger partial charge in [-0.2, -0.15) is 0 Å². The molecule has 1 aliphatic carbocycles. The summed E-state index contributed by atoms with van der Waals surface area (Å²) >= 11 is 6.05. The number of fused-ring (bicyclic) bond motifs is 3. The fraction of sp³-hybridized carbons (Fsp3) is 0.125. The number of benzene rings is 3. The zero-order chi connectivity index (χ0) is 21.8. The Morgan fingerprint density at radius 2 is 1.71 bits per heavy atom. The Kier molecular flexibility index (Phi) is 6.00. The number of nitro groups is 1. The molecule has 0 atom stereocenters. The molecule has 0 aromatic heterocycles. The lowest BCUT2D eigenvalue weighted by molar-refractivity contribution is -0.384. The molecule has 7 heteroatoms. The minimum absolute atomic E-state index is 0.00704. The van der Waals surface area contributed by atoms with E-state index in [1.54, 1.807) is 18.2 Å². The van der Waals surface area contributed by atoms with Crippen LogP contribution in [0, 0.1) is 10.1 Å². The molecule has 31 heavy (non-hydrogen) atoms. The highest BCUT2D eigenvalue weighted by Gasteiger charge is 2.28. The first-order valence-electron chi connectivity index (χ1n) is 9.74. The molecule has 6 nitrogen and oxygen atoms in total. The summed E-state index contributed by atoms with van der Waals surface area (Å²) in [6, 6.07) is 20.5. The highest BCUT2D eigenvalue weighted by molar-refractivity contribution is 6.32. The fourth-order valence-corrected chi connectivity index (χ4v) is 3.98. The van der Waals surface area contributed by atoms with Crippen LogP contribution in [0.5, 0.6) is 0 Å². The normalized spacial score (nSPS) is 12.4. The Hall–Kier alpha value is -3.64. The first-order valence-corrected chi connectivity index (χ1v) is 10.1. The summed E-state index contributed by atoms with van der Waals surface area (Å²) in [4.78, 5) is 22.4.